The lowest BCUT2D eigenvalue weighted by molar-refractivity contribution is -0.145. The lowest BCUT2D eigenvalue weighted by Gasteiger charge is -2.07. The summed E-state index contributed by atoms with van der Waals surface area (Å²) in [5.74, 6) is -0.556. The summed E-state index contributed by atoms with van der Waals surface area (Å²) < 4.78 is 15.3. The number of rotatable bonds is 11. The van der Waals surface area contributed by atoms with Crippen LogP contribution in [0.2, 0.25) is 0 Å². The maximum Gasteiger partial charge on any atom is 0.338 e. The molecular formula is C17H24O5. The molecule has 5 nitrogen and oxygen atoms in total. The number of hydrogen-bond acceptors (Lipinski definition) is 5. The number of unbranched alkanes of at least 4 members (excludes halogenated alkanes) is 2. The SMILES string of the molecule is CCCCCC(=O)OCCOCCOC(=O)c1ccccc1. The summed E-state index contributed by atoms with van der Waals surface area (Å²) in [6.45, 7) is 3.09. The maximum atomic E-state index is 11.6. The van der Waals surface area contributed by atoms with Gasteiger partial charge in [-0.25, -0.2) is 4.79 Å². The van der Waals surface area contributed by atoms with Crippen molar-refractivity contribution in [1.29, 1.82) is 0 Å². The van der Waals surface area contributed by atoms with Gasteiger partial charge in [-0.15, -0.1) is 0 Å². The molecule has 0 aliphatic heterocycles. The monoisotopic (exact) mass is 308 g/mol. The van der Waals surface area contributed by atoms with Gasteiger partial charge < -0.3 is 14.2 Å². The van der Waals surface area contributed by atoms with Crippen molar-refractivity contribution >= 4 is 11.9 Å². The maximum absolute atomic E-state index is 11.6. The first kappa shape index (κ1) is 18.2. The summed E-state index contributed by atoms with van der Waals surface area (Å²) in [6.07, 6.45) is 3.45. The quantitative estimate of drug-likeness (QED) is 0.464. The molecule has 0 saturated carbocycles. The summed E-state index contributed by atoms with van der Waals surface area (Å²) in [5.41, 5.74) is 0.517. The van der Waals surface area contributed by atoms with Crippen LogP contribution in [0, 0.1) is 0 Å². The summed E-state index contributed by atoms with van der Waals surface area (Å²) in [6, 6.07) is 8.79. The zero-order valence-electron chi connectivity index (χ0n) is 13.1. The first-order valence-corrected chi connectivity index (χ1v) is 7.69. The Labute approximate surface area is 131 Å². The Morgan fingerprint density at radius 2 is 1.59 bits per heavy atom. The molecule has 0 heterocycles. The van der Waals surface area contributed by atoms with Gasteiger partial charge in [-0.05, 0) is 18.6 Å². The van der Waals surface area contributed by atoms with E-state index in [1.807, 2.05) is 6.07 Å². The first-order valence-electron chi connectivity index (χ1n) is 7.69. The van der Waals surface area contributed by atoms with E-state index in [-0.39, 0.29) is 31.8 Å². The van der Waals surface area contributed by atoms with Gasteiger partial charge in [-0.3, -0.25) is 4.79 Å². The van der Waals surface area contributed by atoms with E-state index in [4.69, 9.17) is 14.2 Å². The van der Waals surface area contributed by atoms with Gasteiger partial charge in [0.2, 0.25) is 0 Å². The molecule has 0 N–H and O–H groups in total. The fourth-order valence-electron chi connectivity index (χ4n) is 1.76. The Hall–Kier alpha value is -1.88. The molecule has 0 bridgehead atoms. The second-order valence-electron chi connectivity index (χ2n) is 4.79. The van der Waals surface area contributed by atoms with E-state index in [0.29, 0.717) is 18.6 Å². The zero-order chi connectivity index (χ0) is 16.0. The average molecular weight is 308 g/mol. The van der Waals surface area contributed by atoms with Crippen LogP contribution in [0.5, 0.6) is 0 Å². The highest BCUT2D eigenvalue weighted by Crippen LogP contribution is 2.01. The molecule has 0 unspecified atom stereocenters. The van der Waals surface area contributed by atoms with Crippen LogP contribution in [-0.4, -0.2) is 38.4 Å². The molecule has 0 spiro atoms. The fourth-order valence-corrected chi connectivity index (χ4v) is 1.76. The van der Waals surface area contributed by atoms with Crippen molar-refractivity contribution in [3.05, 3.63) is 35.9 Å². The largest absolute Gasteiger partial charge is 0.463 e. The van der Waals surface area contributed by atoms with Crippen molar-refractivity contribution in [3.63, 3.8) is 0 Å². The highest BCUT2D eigenvalue weighted by Gasteiger charge is 2.05. The van der Waals surface area contributed by atoms with Gasteiger partial charge in [0, 0.05) is 6.42 Å². The number of carbonyl (C=O) groups is 2. The third-order valence-corrected chi connectivity index (χ3v) is 2.95. The standard InChI is InChI=1S/C17H24O5/c1-2-3-5-10-16(18)21-13-11-20-12-14-22-17(19)15-8-6-4-7-9-15/h4,6-9H,2-3,5,10-14H2,1H3. The zero-order valence-corrected chi connectivity index (χ0v) is 13.1. The molecular weight excluding hydrogens is 284 g/mol. The normalized spacial score (nSPS) is 10.2. The predicted octanol–water partition coefficient (Wildman–Crippen LogP) is 2.98. The summed E-state index contributed by atoms with van der Waals surface area (Å²) in [4.78, 5) is 22.9. The summed E-state index contributed by atoms with van der Waals surface area (Å²) in [5, 5.41) is 0. The molecule has 0 radical (unpaired) electrons. The molecule has 0 aromatic heterocycles. The van der Waals surface area contributed by atoms with E-state index >= 15 is 0 Å². The van der Waals surface area contributed by atoms with Crippen LogP contribution in [0.3, 0.4) is 0 Å². The summed E-state index contributed by atoms with van der Waals surface area (Å²) in [7, 11) is 0. The van der Waals surface area contributed by atoms with Crippen molar-refractivity contribution in [2.75, 3.05) is 26.4 Å². The minimum atomic E-state index is -0.369. The van der Waals surface area contributed by atoms with E-state index in [0.717, 1.165) is 19.3 Å². The molecule has 5 heteroatoms. The Balaban J connectivity index is 1.95. The minimum Gasteiger partial charge on any atom is -0.463 e. The Morgan fingerprint density at radius 1 is 0.909 bits per heavy atom. The smallest absolute Gasteiger partial charge is 0.338 e. The second-order valence-corrected chi connectivity index (χ2v) is 4.79. The van der Waals surface area contributed by atoms with Crippen molar-refractivity contribution in [3.8, 4) is 0 Å². The van der Waals surface area contributed by atoms with Crippen LogP contribution in [0.25, 0.3) is 0 Å². The average Bonchev–Trinajstić information content (AvgIpc) is 2.55. The third-order valence-electron chi connectivity index (χ3n) is 2.95. The summed E-state index contributed by atoms with van der Waals surface area (Å²) >= 11 is 0. The van der Waals surface area contributed by atoms with Crippen molar-refractivity contribution in [1.82, 2.24) is 0 Å². The molecule has 1 aromatic carbocycles. The van der Waals surface area contributed by atoms with Crippen LogP contribution >= 0.6 is 0 Å². The van der Waals surface area contributed by atoms with Gasteiger partial charge in [0.05, 0.1) is 18.8 Å². The van der Waals surface area contributed by atoms with Gasteiger partial charge in [-0.1, -0.05) is 38.0 Å². The molecule has 0 aliphatic rings. The van der Waals surface area contributed by atoms with Gasteiger partial charge >= 0.3 is 11.9 Å². The molecule has 22 heavy (non-hydrogen) atoms. The Morgan fingerprint density at radius 3 is 2.27 bits per heavy atom. The van der Waals surface area contributed by atoms with E-state index in [9.17, 15) is 9.59 Å². The van der Waals surface area contributed by atoms with Gasteiger partial charge in [-0.2, -0.15) is 0 Å². The predicted molar refractivity (Wildman–Crippen MR) is 82.6 cm³/mol. The van der Waals surface area contributed by atoms with Crippen LogP contribution in [-0.2, 0) is 19.0 Å². The number of esters is 2. The van der Waals surface area contributed by atoms with Gasteiger partial charge in [0.1, 0.15) is 13.2 Å². The number of ether oxygens (including phenoxy) is 3. The highest BCUT2D eigenvalue weighted by molar-refractivity contribution is 5.89. The van der Waals surface area contributed by atoms with E-state index < -0.39 is 0 Å². The van der Waals surface area contributed by atoms with Crippen molar-refractivity contribution < 1.29 is 23.8 Å². The molecule has 0 saturated heterocycles. The Bertz CT molecular complexity index is 430. The number of benzene rings is 1. The minimum absolute atomic E-state index is 0.179. The second kappa shape index (κ2) is 11.7. The molecule has 0 amide bonds. The molecule has 0 atom stereocenters. The third kappa shape index (κ3) is 8.42. The molecule has 0 fully saturated rings. The molecule has 0 aliphatic carbocycles. The van der Waals surface area contributed by atoms with Crippen LogP contribution in [0.15, 0.2) is 30.3 Å². The van der Waals surface area contributed by atoms with Gasteiger partial charge in [0.15, 0.2) is 0 Å². The molecule has 122 valence electrons. The highest BCUT2D eigenvalue weighted by atomic mass is 16.6. The van der Waals surface area contributed by atoms with E-state index in [1.165, 1.54) is 0 Å². The van der Waals surface area contributed by atoms with Crippen molar-refractivity contribution in [2.24, 2.45) is 0 Å². The number of hydrogen-bond donors (Lipinski definition) is 0. The van der Waals surface area contributed by atoms with Crippen molar-refractivity contribution in [2.45, 2.75) is 32.6 Å². The Kier molecular flexibility index (Phi) is 9.70. The van der Waals surface area contributed by atoms with Crippen LogP contribution in [0.1, 0.15) is 43.0 Å². The topological polar surface area (TPSA) is 61.8 Å². The number of carbonyl (C=O) groups excluding carboxylic acids is 2. The fraction of sp³-hybridized carbons (Fsp3) is 0.529. The van der Waals surface area contributed by atoms with Crippen LogP contribution in [0.4, 0.5) is 0 Å². The first-order chi connectivity index (χ1) is 10.7. The molecule has 1 rings (SSSR count). The van der Waals surface area contributed by atoms with E-state index in [1.54, 1.807) is 24.3 Å². The molecule has 1 aromatic rings. The van der Waals surface area contributed by atoms with Gasteiger partial charge in [0.25, 0.3) is 0 Å². The lowest BCUT2D eigenvalue weighted by atomic mass is 10.2. The van der Waals surface area contributed by atoms with Crippen LogP contribution < -0.4 is 0 Å². The lowest BCUT2D eigenvalue weighted by Crippen LogP contribution is -2.14. The van der Waals surface area contributed by atoms with E-state index in [2.05, 4.69) is 6.92 Å².